The van der Waals surface area contributed by atoms with Gasteiger partial charge in [-0.05, 0) is 48.6 Å². The molecule has 1 aromatic heterocycles. The summed E-state index contributed by atoms with van der Waals surface area (Å²) in [4.78, 5) is 12.1. The summed E-state index contributed by atoms with van der Waals surface area (Å²) >= 11 is 25.8. The monoisotopic (exact) mass is 461 g/mol. The van der Waals surface area contributed by atoms with Gasteiger partial charge in [-0.15, -0.1) is 5.10 Å². The van der Waals surface area contributed by atoms with Crippen LogP contribution >= 0.6 is 70.1 Å². The number of carbonyl (C=O) groups excluding carboxylic acids is 1. The first kappa shape index (κ1) is 19.7. The zero-order valence-corrected chi connectivity index (χ0v) is 17.6. The van der Waals surface area contributed by atoms with E-state index in [4.69, 9.17) is 47.0 Å². The minimum absolute atomic E-state index is 0.153. The van der Waals surface area contributed by atoms with E-state index in [0.29, 0.717) is 29.0 Å². The van der Waals surface area contributed by atoms with E-state index in [1.165, 1.54) is 23.1 Å². The number of anilines is 1. The van der Waals surface area contributed by atoms with Gasteiger partial charge in [0.2, 0.25) is 5.91 Å². The number of hydrogen-bond acceptors (Lipinski definition) is 5. The summed E-state index contributed by atoms with van der Waals surface area (Å²) in [7, 11) is 0. The summed E-state index contributed by atoms with van der Waals surface area (Å²) in [5, 5.41) is 8.67. The molecule has 0 atom stereocenters. The molecule has 26 heavy (non-hydrogen) atoms. The summed E-state index contributed by atoms with van der Waals surface area (Å²) in [6.07, 6.45) is 0. The Morgan fingerprint density at radius 3 is 2.73 bits per heavy atom. The van der Waals surface area contributed by atoms with Gasteiger partial charge in [0.25, 0.3) is 0 Å². The Hall–Kier alpha value is -1.09. The van der Waals surface area contributed by atoms with Crippen LogP contribution in [-0.4, -0.2) is 21.4 Å². The van der Waals surface area contributed by atoms with Crippen LogP contribution in [0.2, 0.25) is 15.1 Å². The van der Waals surface area contributed by atoms with Crippen LogP contribution in [0.1, 0.15) is 0 Å². The highest BCUT2D eigenvalue weighted by Gasteiger charge is 2.11. The molecule has 0 bridgehead atoms. The summed E-state index contributed by atoms with van der Waals surface area (Å²) in [5.74, 6) is 0.0513. The number of rotatable bonds is 5. The van der Waals surface area contributed by atoms with Gasteiger partial charge < -0.3 is 5.32 Å². The quantitative estimate of drug-likeness (QED) is 0.354. The van der Waals surface area contributed by atoms with Crippen molar-refractivity contribution in [3.05, 3.63) is 61.5 Å². The lowest BCUT2D eigenvalue weighted by molar-refractivity contribution is -0.113. The maximum Gasteiger partial charge on any atom is 0.234 e. The van der Waals surface area contributed by atoms with Crippen LogP contribution in [0.5, 0.6) is 0 Å². The van der Waals surface area contributed by atoms with Gasteiger partial charge in [-0.2, -0.15) is 0 Å². The normalized spacial score (nSPS) is 10.7. The van der Waals surface area contributed by atoms with E-state index < -0.39 is 0 Å². The fraction of sp³-hybridized carbons (Fsp3) is 0.0625. The highest BCUT2D eigenvalue weighted by atomic mass is 35.5. The van der Waals surface area contributed by atoms with Gasteiger partial charge in [0, 0.05) is 10.7 Å². The minimum Gasteiger partial charge on any atom is -0.325 e. The average Bonchev–Trinajstić information content (AvgIpc) is 2.96. The van der Waals surface area contributed by atoms with Crippen LogP contribution < -0.4 is 5.32 Å². The molecule has 3 rings (SSSR count). The molecule has 3 aromatic rings. The third kappa shape index (κ3) is 5.00. The predicted octanol–water partition coefficient (Wildman–Crippen LogP) is 6.35. The highest BCUT2D eigenvalue weighted by Crippen LogP contribution is 2.28. The molecule has 134 valence electrons. The number of hydrogen-bond donors (Lipinski definition) is 1. The summed E-state index contributed by atoms with van der Waals surface area (Å²) in [5.41, 5.74) is 1.37. The second-order valence-corrected chi connectivity index (χ2v) is 9.09. The minimum atomic E-state index is -0.153. The van der Waals surface area contributed by atoms with Gasteiger partial charge in [-0.25, -0.2) is 4.68 Å². The summed E-state index contributed by atoms with van der Waals surface area (Å²) < 4.78 is 2.84. The molecule has 1 N–H and O–H groups in total. The zero-order valence-electron chi connectivity index (χ0n) is 12.9. The molecule has 0 saturated heterocycles. The Labute approximate surface area is 178 Å². The van der Waals surface area contributed by atoms with Crippen molar-refractivity contribution in [2.45, 2.75) is 4.34 Å². The van der Waals surface area contributed by atoms with Crippen molar-refractivity contribution >= 4 is 81.7 Å². The van der Waals surface area contributed by atoms with Crippen molar-refractivity contribution in [2.75, 3.05) is 11.1 Å². The van der Waals surface area contributed by atoms with E-state index in [2.05, 4.69) is 10.4 Å². The first-order chi connectivity index (χ1) is 12.4. The van der Waals surface area contributed by atoms with Gasteiger partial charge in [0.15, 0.2) is 8.29 Å². The maximum atomic E-state index is 12.1. The Morgan fingerprint density at radius 1 is 1.19 bits per heavy atom. The number of aromatic nitrogens is 2. The van der Waals surface area contributed by atoms with Crippen LogP contribution in [0, 0.1) is 3.95 Å². The third-order valence-corrected chi connectivity index (χ3v) is 6.45. The highest BCUT2D eigenvalue weighted by molar-refractivity contribution is 8.01. The molecule has 0 aliphatic rings. The Kier molecular flexibility index (Phi) is 6.60. The second kappa shape index (κ2) is 8.73. The molecule has 0 radical (unpaired) electrons. The van der Waals surface area contributed by atoms with E-state index >= 15 is 0 Å². The molecule has 1 heterocycles. The van der Waals surface area contributed by atoms with Crippen molar-refractivity contribution in [3.63, 3.8) is 0 Å². The van der Waals surface area contributed by atoms with Crippen LogP contribution in [0.4, 0.5) is 5.69 Å². The molecular formula is C16H10Cl3N3OS3. The third-order valence-electron chi connectivity index (χ3n) is 3.11. The summed E-state index contributed by atoms with van der Waals surface area (Å²) in [6, 6.07) is 12.1. The fourth-order valence-electron chi connectivity index (χ4n) is 1.99. The number of benzene rings is 2. The molecule has 2 aromatic carbocycles. The topological polar surface area (TPSA) is 46.9 Å². The number of halogens is 3. The van der Waals surface area contributed by atoms with Crippen molar-refractivity contribution in [3.8, 4) is 5.69 Å². The van der Waals surface area contributed by atoms with Gasteiger partial charge in [-0.3, -0.25) is 4.79 Å². The molecule has 1 amide bonds. The number of carbonyl (C=O) groups is 1. The largest absolute Gasteiger partial charge is 0.325 e. The molecule has 0 aliphatic heterocycles. The van der Waals surface area contributed by atoms with Crippen LogP contribution in [0.25, 0.3) is 5.69 Å². The van der Waals surface area contributed by atoms with Crippen molar-refractivity contribution in [1.29, 1.82) is 0 Å². The lowest BCUT2D eigenvalue weighted by atomic mass is 10.3. The van der Waals surface area contributed by atoms with Gasteiger partial charge in [-0.1, -0.05) is 64.0 Å². The van der Waals surface area contributed by atoms with Crippen molar-refractivity contribution in [1.82, 2.24) is 9.78 Å². The maximum absolute atomic E-state index is 12.1. The molecule has 0 fully saturated rings. The number of amides is 1. The fourth-order valence-corrected chi connectivity index (χ4v) is 4.63. The number of thioether (sulfide) groups is 1. The van der Waals surface area contributed by atoms with Crippen LogP contribution in [0.3, 0.4) is 0 Å². The molecule has 0 spiro atoms. The molecule has 10 heteroatoms. The van der Waals surface area contributed by atoms with Gasteiger partial charge >= 0.3 is 0 Å². The molecule has 4 nitrogen and oxygen atoms in total. The van der Waals surface area contributed by atoms with E-state index in [0.717, 1.165) is 5.69 Å². The second-order valence-electron chi connectivity index (χ2n) is 4.99. The lowest BCUT2D eigenvalue weighted by Gasteiger charge is -2.04. The standard InChI is InChI=1S/C16H10Cl3N3OS3/c17-9-2-1-3-10(6-9)20-14(23)8-25-15-21-22(16(24)26-15)11-4-5-12(18)13(19)7-11/h1-7H,8H2,(H,20,23). The van der Waals surface area contributed by atoms with E-state index in [9.17, 15) is 4.79 Å². The van der Waals surface area contributed by atoms with E-state index in [1.54, 1.807) is 47.1 Å². The van der Waals surface area contributed by atoms with Crippen LogP contribution in [-0.2, 0) is 4.79 Å². The number of nitrogens with one attached hydrogen (secondary N) is 1. The summed E-state index contributed by atoms with van der Waals surface area (Å²) in [6.45, 7) is 0. The number of nitrogens with zero attached hydrogens (tertiary/aromatic N) is 2. The first-order valence-corrected chi connectivity index (χ1v) is 10.5. The Balaban J connectivity index is 1.66. The molecule has 0 saturated carbocycles. The van der Waals surface area contributed by atoms with Crippen molar-refractivity contribution in [2.24, 2.45) is 0 Å². The van der Waals surface area contributed by atoms with E-state index in [1.807, 2.05) is 0 Å². The van der Waals surface area contributed by atoms with Gasteiger partial charge in [0.05, 0.1) is 21.5 Å². The lowest BCUT2D eigenvalue weighted by Crippen LogP contribution is -2.13. The Bertz CT molecular complexity index is 1020. The van der Waals surface area contributed by atoms with Crippen LogP contribution in [0.15, 0.2) is 46.8 Å². The Morgan fingerprint density at radius 2 is 2.00 bits per heavy atom. The van der Waals surface area contributed by atoms with Crippen molar-refractivity contribution < 1.29 is 4.79 Å². The van der Waals surface area contributed by atoms with Gasteiger partial charge in [0.1, 0.15) is 0 Å². The smallest absolute Gasteiger partial charge is 0.234 e. The zero-order chi connectivity index (χ0) is 18.7. The first-order valence-electron chi connectivity index (χ1n) is 7.16. The van der Waals surface area contributed by atoms with E-state index in [-0.39, 0.29) is 11.7 Å². The average molecular weight is 463 g/mol. The molecule has 0 unspecified atom stereocenters. The molecule has 0 aliphatic carbocycles. The molecular weight excluding hydrogens is 453 g/mol. The SMILES string of the molecule is O=C(CSc1nn(-c2ccc(Cl)c(Cl)c2)c(=S)s1)Nc1cccc(Cl)c1. The predicted molar refractivity (Wildman–Crippen MR) is 113 cm³/mol.